The second-order valence-corrected chi connectivity index (χ2v) is 8.45. The third kappa shape index (κ3) is 5.44. The lowest BCUT2D eigenvalue weighted by molar-refractivity contribution is -0.121. The molecule has 176 valence electrons. The van der Waals surface area contributed by atoms with Gasteiger partial charge in [0.05, 0.1) is 13.3 Å². The summed E-state index contributed by atoms with van der Waals surface area (Å²) >= 11 is 0. The van der Waals surface area contributed by atoms with Crippen LogP contribution in [0.15, 0.2) is 30.5 Å². The van der Waals surface area contributed by atoms with E-state index in [-0.39, 0.29) is 42.4 Å². The van der Waals surface area contributed by atoms with Crippen LogP contribution in [0.3, 0.4) is 0 Å². The van der Waals surface area contributed by atoms with Gasteiger partial charge < -0.3 is 14.4 Å². The highest BCUT2D eigenvalue weighted by molar-refractivity contribution is 5.99. The Morgan fingerprint density at radius 2 is 1.91 bits per heavy atom. The molecule has 0 bridgehead atoms. The van der Waals surface area contributed by atoms with Crippen molar-refractivity contribution in [2.75, 3.05) is 31.6 Å². The highest BCUT2D eigenvalue weighted by Crippen LogP contribution is 2.36. The van der Waals surface area contributed by atoms with Crippen LogP contribution in [0.25, 0.3) is 11.1 Å². The van der Waals surface area contributed by atoms with Gasteiger partial charge in [-0.15, -0.1) is 0 Å². The predicted octanol–water partition coefficient (Wildman–Crippen LogP) is 4.09. The number of nitrogens with zero attached hydrogens (tertiary/aromatic N) is 3. The van der Waals surface area contributed by atoms with Crippen molar-refractivity contribution in [1.82, 2.24) is 9.88 Å². The van der Waals surface area contributed by atoms with Gasteiger partial charge in [-0.25, -0.2) is 13.6 Å². The van der Waals surface area contributed by atoms with Gasteiger partial charge in [0, 0.05) is 29.9 Å². The minimum atomic E-state index is -2.81. The van der Waals surface area contributed by atoms with Gasteiger partial charge in [-0.2, -0.15) is 0 Å². The quantitative estimate of drug-likeness (QED) is 0.623. The Bertz CT molecular complexity index is 1070. The first-order valence-electron chi connectivity index (χ1n) is 10.2. The lowest BCUT2D eigenvalue weighted by Gasteiger charge is -2.35. The molecule has 2 amide bonds. The van der Waals surface area contributed by atoms with E-state index in [4.69, 9.17) is 9.47 Å². The molecule has 3 rings (SSSR count). The summed E-state index contributed by atoms with van der Waals surface area (Å²) in [6.45, 7) is 5.50. The Labute approximate surface area is 190 Å². The molecule has 0 N–H and O–H groups in total. The maximum Gasteiger partial charge on any atom is 0.410 e. The molecule has 1 aromatic carbocycles. The number of anilines is 1. The highest BCUT2D eigenvalue weighted by atomic mass is 19.3. The summed E-state index contributed by atoms with van der Waals surface area (Å²) in [5, 5.41) is 0. The van der Waals surface area contributed by atoms with E-state index >= 15 is 0 Å². The molecule has 1 aliphatic heterocycles. The van der Waals surface area contributed by atoms with E-state index in [0.29, 0.717) is 17.5 Å². The fraction of sp³-hybridized carbons (Fsp3) is 0.391. The van der Waals surface area contributed by atoms with Crippen LogP contribution in [-0.2, 0) is 9.53 Å². The number of aromatic nitrogens is 1. The van der Waals surface area contributed by atoms with Crippen molar-refractivity contribution in [2.45, 2.75) is 32.8 Å². The fourth-order valence-corrected chi connectivity index (χ4v) is 3.43. The maximum atomic E-state index is 13.2. The van der Waals surface area contributed by atoms with Gasteiger partial charge in [0.2, 0.25) is 5.91 Å². The second kappa shape index (κ2) is 9.51. The van der Waals surface area contributed by atoms with Gasteiger partial charge in [-0.3, -0.25) is 19.5 Å². The first-order chi connectivity index (χ1) is 15.5. The van der Waals surface area contributed by atoms with E-state index in [1.54, 1.807) is 32.9 Å². The van der Waals surface area contributed by atoms with Crippen molar-refractivity contribution in [3.05, 3.63) is 41.7 Å². The van der Waals surface area contributed by atoms with Crippen LogP contribution < -0.4 is 9.64 Å². The van der Waals surface area contributed by atoms with E-state index in [1.165, 1.54) is 29.2 Å². The normalized spacial score (nSPS) is 14.5. The first-order valence-corrected chi connectivity index (χ1v) is 10.2. The molecule has 0 spiro atoms. The Morgan fingerprint density at radius 3 is 2.48 bits per heavy atom. The number of hydrogen-bond donors (Lipinski definition) is 0. The summed E-state index contributed by atoms with van der Waals surface area (Å²) in [5.74, 6) is -0.132. The molecule has 8 nitrogen and oxygen atoms in total. The zero-order valence-corrected chi connectivity index (χ0v) is 18.8. The molecule has 33 heavy (non-hydrogen) atoms. The fourth-order valence-electron chi connectivity index (χ4n) is 3.43. The minimum Gasteiger partial charge on any atom is -0.494 e. The van der Waals surface area contributed by atoms with Crippen molar-refractivity contribution >= 4 is 24.0 Å². The van der Waals surface area contributed by atoms with Crippen molar-refractivity contribution in [1.29, 1.82) is 0 Å². The molecule has 10 heteroatoms. The highest BCUT2D eigenvalue weighted by Gasteiger charge is 2.31. The average molecular weight is 461 g/mol. The lowest BCUT2D eigenvalue weighted by Crippen LogP contribution is -2.53. The number of aldehydes is 1. The van der Waals surface area contributed by atoms with Crippen molar-refractivity contribution in [2.24, 2.45) is 0 Å². The van der Waals surface area contributed by atoms with E-state index in [2.05, 4.69) is 4.98 Å². The predicted molar refractivity (Wildman–Crippen MR) is 117 cm³/mol. The van der Waals surface area contributed by atoms with Gasteiger partial charge in [0.1, 0.15) is 23.6 Å². The topological polar surface area (TPSA) is 89.0 Å². The number of carbonyl (C=O) groups excluding carboxylic acids is 3. The Hall–Kier alpha value is -3.56. The molecule has 1 saturated heterocycles. The molecule has 0 saturated carbocycles. The third-order valence-corrected chi connectivity index (χ3v) is 4.97. The Kier molecular flexibility index (Phi) is 6.95. The van der Waals surface area contributed by atoms with Crippen LogP contribution in [-0.4, -0.2) is 60.5 Å². The molecule has 2 aromatic rings. The van der Waals surface area contributed by atoms with Gasteiger partial charge in [0.15, 0.2) is 6.29 Å². The Morgan fingerprint density at radius 1 is 1.18 bits per heavy atom. The van der Waals surface area contributed by atoms with Gasteiger partial charge in [-0.1, -0.05) is 0 Å². The number of methoxy groups -OCH3 is 1. The SMILES string of the molecule is COc1cnc(C(F)F)cc1-c1cc(N2CCN(C(=O)OC(C)(C)C)CC2=O)ccc1C=O. The molecule has 0 atom stereocenters. The number of rotatable bonds is 5. The average Bonchev–Trinajstić information content (AvgIpc) is 2.77. The molecule has 0 aliphatic carbocycles. The van der Waals surface area contributed by atoms with E-state index < -0.39 is 23.8 Å². The van der Waals surface area contributed by atoms with Crippen LogP contribution in [0.5, 0.6) is 5.75 Å². The van der Waals surface area contributed by atoms with E-state index in [1.807, 2.05) is 0 Å². The first kappa shape index (κ1) is 24.1. The Balaban J connectivity index is 1.93. The van der Waals surface area contributed by atoms with Crippen molar-refractivity contribution < 1.29 is 32.6 Å². The minimum absolute atomic E-state index is 0.173. The summed E-state index contributed by atoms with van der Waals surface area (Å²) in [5.41, 5.74) is 0.134. The largest absolute Gasteiger partial charge is 0.494 e. The number of pyridine rings is 1. The number of halogens is 2. The zero-order valence-electron chi connectivity index (χ0n) is 18.8. The maximum absolute atomic E-state index is 13.2. The van der Waals surface area contributed by atoms with Gasteiger partial charge in [-0.05, 0) is 50.6 Å². The summed E-state index contributed by atoms with van der Waals surface area (Å²) in [6, 6.07) is 5.83. The van der Waals surface area contributed by atoms with Gasteiger partial charge in [0.25, 0.3) is 6.43 Å². The van der Waals surface area contributed by atoms with Crippen LogP contribution in [0, 0.1) is 0 Å². The van der Waals surface area contributed by atoms with Crippen molar-refractivity contribution in [3.8, 4) is 16.9 Å². The third-order valence-electron chi connectivity index (χ3n) is 4.97. The molecule has 2 heterocycles. The van der Waals surface area contributed by atoms with Gasteiger partial charge >= 0.3 is 6.09 Å². The van der Waals surface area contributed by atoms with Crippen LogP contribution in [0.2, 0.25) is 0 Å². The lowest BCUT2D eigenvalue weighted by atomic mass is 9.98. The standard InChI is InChI=1S/C23H25F2N3O5/c1-23(2,3)33-22(31)27-7-8-28(20(30)12-27)15-6-5-14(13-29)16(9-15)17-10-18(21(24)25)26-11-19(17)32-4/h5-6,9-11,13,21H,7-8,12H2,1-4H3. The summed E-state index contributed by atoms with van der Waals surface area (Å²) in [7, 11) is 1.37. The summed E-state index contributed by atoms with van der Waals surface area (Å²) in [6.07, 6.45) is -1.61. The summed E-state index contributed by atoms with van der Waals surface area (Å²) < 4.78 is 37.1. The number of carbonyl (C=O) groups is 3. The van der Waals surface area contributed by atoms with E-state index in [9.17, 15) is 23.2 Å². The molecule has 1 aliphatic rings. The number of amides is 2. The number of ether oxygens (including phenoxy) is 2. The molecule has 1 aromatic heterocycles. The van der Waals surface area contributed by atoms with Crippen LogP contribution >= 0.6 is 0 Å². The monoisotopic (exact) mass is 461 g/mol. The molecule has 0 radical (unpaired) electrons. The van der Waals surface area contributed by atoms with Crippen LogP contribution in [0.1, 0.15) is 43.2 Å². The molecular formula is C23H25F2N3O5. The molecule has 1 fully saturated rings. The number of alkyl halides is 2. The number of hydrogen-bond acceptors (Lipinski definition) is 6. The summed E-state index contributed by atoms with van der Waals surface area (Å²) in [4.78, 5) is 43.3. The van der Waals surface area contributed by atoms with Crippen molar-refractivity contribution in [3.63, 3.8) is 0 Å². The number of benzene rings is 1. The molecule has 0 unspecified atom stereocenters. The molecular weight excluding hydrogens is 436 g/mol. The second-order valence-electron chi connectivity index (χ2n) is 8.45. The van der Waals surface area contributed by atoms with Crippen LogP contribution in [0.4, 0.5) is 19.3 Å². The van der Waals surface area contributed by atoms with E-state index in [0.717, 1.165) is 6.07 Å². The zero-order chi connectivity index (χ0) is 24.3. The smallest absolute Gasteiger partial charge is 0.410 e. The number of piperazine rings is 1.